The van der Waals surface area contributed by atoms with Crippen molar-refractivity contribution >= 4 is 5.96 Å². The Kier molecular flexibility index (Phi) is 10.8. The third-order valence-electron chi connectivity index (χ3n) is 3.02. The summed E-state index contributed by atoms with van der Waals surface area (Å²) in [5.74, 6) is 1.78. The van der Waals surface area contributed by atoms with Crippen molar-refractivity contribution in [2.24, 2.45) is 4.99 Å². The maximum atomic E-state index is 5.53. The molecule has 0 aliphatic carbocycles. The molecule has 2 N–H and O–H groups in total. The van der Waals surface area contributed by atoms with Crippen LogP contribution in [0.5, 0.6) is 0 Å². The predicted octanol–water partition coefficient (Wildman–Crippen LogP) is 2.75. The summed E-state index contributed by atoms with van der Waals surface area (Å²) < 4.78 is 10.8. The standard InChI is InChI=1S/C17H29N3O2/c1-3-5-13-21-14-7-11-19-17(18-10-4-2)20-12-9-16-8-6-15-22-16/h4,6,8,15H,2-3,5,7,9-14H2,1H3,(H2,18,19,20). The molecule has 1 aromatic rings. The number of unbranched alkanes of at least 4 members (excludes halogenated alkanes) is 1. The molecule has 0 amide bonds. The highest BCUT2D eigenvalue weighted by Gasteiger charge is 1.99. The molecule has 124 valence electrons. The third-order valence-corrected chi connectivity index (χ3v) is 3.02. The van der Waals surface area contributed by atoms with Gasteiger partial charge in [-0.25, -0.2) is 0 Å². The van der Waals surface area contributed by atoms with Crippen LogP contribution < -0.4 is 10.6 Å². The third kappa shape index (κ3) is 9.23. The number of ether oxygens (including phenoxy) is 1. The molecule has 5 nitrogen and oxygen atoms in total. The average molecular weight is 307 g/mol. The van der Waals surface area contributed by atoms with E-state index in [-0.39, 0.29) is 0 Å². The van der Waals surface area contributed by atoms with Crippen LogP contribution in [-0.4, -0.2) is 38.8 Å². The number of rotatable bonds is 12. The molecule has 5 heteroatoms. The van der Waals surface area contributed by atoms with Crippen LogP contribution in [0.3, 0.4) is 0 Å². The van der Waals surface area contributed by atoms with E-state index in [1.807, 2.05) is 18.2 Å². The fourth-order valence-electron chi connectivity index (χ4n) is 1.81. The molecule has 0 aromatic carbocycles. The molecule has 0 radical (unpaired) electrons. The van der Waals surface area contributed by atoms with Crippen LogP contribution in [0, 0.1) is 0 Å². The van der Waals surface area contributed by atoms with Gasteiger partial charge in [0.2, 0.25) is 0 Å². The van der Waals surface area contributed by atoms with E-state index in [4.69, 9.17) is 9.15 Å². The quantitative estimate of drug-likeness (QED) is 0.270. The largest absolute Gasteiger partial charge is 0.469 e. The summed E-state index contributed by atoms with van der Waals surface area (Å²) >= 11 is 0. The Bertz CT molecular complexity index is 402. The van der Waals surface area contributed by atoms with Crippen molar-refractivity contribution in [1.29, 1.82) is 0 Å². The van der Waals surface area contributed by atoms with E-state index in [0.717, 1.165) is 57.3 Å². The Hall–Kier alpha value is -1.75. The van der Waals surface area contributed by atoms with Crippen molar-refractivity contribution in [2.75, 3.05) is 32.8 Å². The SMILES string of the molecule is C=CCNC(=NCCCOCCCC)NCCc1ccco1. The van der Waals surface area contributed by atoms with Gasteiger partial charge in [-0.15, -0.1) is 6.58 Å². The molecular formula is C17H29N3O2. The van der Waals surface area contributed by atoms with Gasteiger partial charge in [-0.2, -0.15) is 0 Å². The highest BCUT2D eigenvalue weighted by atomic mass is 16.5. The molecule has 0 fully saturated rings. The Labute approximate surface area is 133 Å². The number of hydrogen-bond donors (Lipinski definition) is 2. The monoisotopic (exact) mass is 307 g/mol. The number of furan rings is 1. The Morgan fingerprint density at radius 2 is 2.23 bits per heavy atom. The second kappa shape index (κ2) is 13.0. The maximum Gasteiger partial charge on any atom is 0.191 e. The summed E-state index contributed by atoms with van der Waals surface area (Å²) in [6.07, 6.45) is 7.58. The molecule has 0 saturated heterocycles. The highest BCUT2D eigenvalue weighted by Crippen LogP contribution is 1.99. The van der Waals surface area contributed by atoms with Gasteiger partial charge in [0.1, 0.15) is 5.76 Å². The zero-order valence-corrected chi connectivity index (χ0v) is 13.6. The van der Waals surface area contributed by atoms with Crippen molar-refractivity contribution in [3.8, 4) is 0 Å². The fraction of sp³-hybridized carbons (Fsp3) is 0.588. The summed E-state index contributed by atoms with van der Waals surface area (Å²) in [4.78, 5) is 4.53. The van der Waals surface area contributed by atoms with Gasteiger partial charge in [0.25, 0.3) is 0 Å². The lowest BCUT2D eigenvalue weighted by atomic mass is 10.3. The molecule has 0 saturated carbocycles. The lowest BCUT2D eigenvalue weighted by molar-refractivity contribution is 0.130. The van der Waals surface area contributed by atoms with Gasteiger partial charge in [-0.05, 0) is 25.0 Å². The molecule has 22 heavy (non-hydrogen) atoms. The summed E-state index contributed by atoms with van der Waals surface area (Å²) in [6.45, 7) is 9.72. The minimum atomic E-state index is 0.694. The number of aliphatic imine (C=N–C) groups is 1. The van der Waals surface area contributed by atoms with Crippen LogP contribution in [-0.2, 0) is 11.2 Å². The van der Waals surface area contributed by atoms with Crippen molar-refractivity contribution < 1.29 is 9.15 Å². The molecule has 0 atom stereocenters. The first kappa shape index (κ1) is 18.3. The summed E-state index contributed by atoms with van der Waals surface area (Å²) in [5.41, 5.74) is 0. The van der Waals surface area contributed by atoms with Crippen molar-refractivity contribution in [3.63, 3.8) is 0 Å². The van der Waals surface area contributed by atoms with Crippen molar-refractivity contribution in [1.82, 2.24) is 10.6 Å². The second-order valence-corrected chi connectivity index (χ2v) is 4.98. The van der Waals surface area contributed by atoms with Crippen molar-refractivity contribution in [3.05, 3.63) is 36.8 Å². The zero-order valence-electron chi connectivity index (χ0n) is 13.6. The van der Waals surface area contributed by atoms with E-state index in [2.05, 4.69) is 29.1 Å². The molecule has 0 aliphatic heterocycles. The van der Waals surface area contributed by atoms with Crippen LogP contribution in [0.25, 0.3) is 0 Å². The summed E-state index contributed by atoms with van der Waals surface area (Å²) in [5, 5.41) is 6.50. The van der Waals surface area contributed by atoms with E-state index in [1.165, 1.54) is 6.42 Å². The molecule has 1 heterocycles. The predicted molar refractivity (Wildman–Crippen MR) is 91.3 cm³/mol. The van der Waals surface area contributed by atoms with Crippen LogP contribution >= 0.6 is 0 Å². The van der Waals surface area contributed by atoms with Crippen molar-refractivity contribution in [2.45, 2.75) is 32.6 Å². The number of nitrogens with one attached hydrogen (secondary N) is 2. The fourth-order valence-corrected chi connectivity index (χ4v) is 1.81. The van der Waals surface area contributed by atoms with Gasteiger partial charge >= 0.3 is 0 Å². The first-order valence-corrected chi connectivity index (χ1v) is 8.10. The molecule has 0 bridgehead atoms. The van der Waals surface area contributed by atoms with E-state index in [9.17, 15) is 0 Å². The van der Waals surface area contributed by atoms with E-state index >= 15 is 0 Å². The Balaban J connectivity index is 2.19. The van der Waals surface area contributed by atoms with Gasteiger partial charge in [-0.1, -0.05) is 19.4 Å². The zero-order chi connectivity index (χ0) is 15.9. The van der Waals surface area contributed by atoms with Gasteiger partial charge in [0.05, 0.1) is 6.26 Å². The average Bonchev–Trinajstić information content (AvgIpc) is 3.04. The van der Waals surface area contributed by atoms with Gasteiger partial charge in [0.15, 0.2) is 5.96 Å². The van der Waals surface area contributed by atoms with Gasteiger partial charge in [0, 0.05) is 39.3 Å². The lowest BCUT2D eigenvalue weighted by Crippen LogP contribution is -2.38. The number of nitrogens with zero attached hydrogens (tertiary/aromatic N) is 1. The van der Waals surface area contributed by atoms with E-state index in [1.54, 1.807) is 6.26 Å². The molecule has 1 rings (SSSR count). The smallest absolute Gasteiger partial charge is 0.191 e. The number of guanidine groups is 1. The van der Waals surface area contributed by atoms with Gasteiger partial charge in [-0.3, -0.25) is 4.99 Å². The van der Waals surface area contributed by atoms with Crippen LogP contribution in [0.4, 0.5) is 0 Å². The second-order valence-electron chi connectivity index (χ2n) is 4.98. The van der Waals surface area contributed by atoms with Crippen LogP contribution in [0.1, 0.15) is 31.9 Å². The van der Waals surface area contributed by atoms with E-state index in [0.29, 0.717) is 6.54 Å². The molecule has 1 aromatic heterocycles. The molecular weight excluding hydrogens is 278 g/mol. The molecule has 0 unspecified atom stereocenters. The summed E-state index contributed by atoms with van der Waals surface area (Å²) in [6, 6.07) is 3.88. The topological polar surface area (TPSA) is 58.8 Å². The Morgan fingerprint density at radius 1 is 1.36 bits per heavy atom. The van der Waals surface area contributed by atoms with Crippen LogP contribution in [0.15, 0.2) is 40.5 Å². The summed E-state index contributed by atoms with van der Waals surface area (Å²) in [7, 11) is 0. The number of hydrogen-bond acceptors (Lipinski definition) is 3. The first-order chi connectivity index (χ1) is 10.9. The first-order valence-electron chi connectivity index (χ1n) is 8.10. The maximum absolute atomic E-state index is 5.53. The lowest BCUT2D eigenvalue weighted by Gasteiger charge is -2.11. The molecule has 0 aliphatic rings. The molecule has 0 spiro atoms. The van der Waals surface area contributed by atoms with E-state index < -0.39 is 0 Å². The normalized spacial score (nSPS) is 11.4. The van der Waals surface area contributed by atoms with Gasteiger partial charge < -0.3 is 19.8 Å². The minimum Gasteiger partial charge on any atom is -0.469 e. The minimum absolute atomic E-state index is 0.694. The Morgan fingerprint density at radius 3 is 2.95 bits per heavy atom. The highest BCUT2D eigenvalue weighted by molar-refractivity contribution is 5.79. The van der Waals surface area contributed by atoms with Crippen LogP contribution in [0.2, 0.25) is 0 Å².